The first-order valence-corrected chi connectivity index (χ1v) is 7.93. The molecule has 0 amide bonds. The Morgan fingerprint density at radius 2 is 2.17 bits per heavy atom. The molecule has 1 aliphatic heterocycles. The lowest BCUT2D eigenvalue weighted by molar-refractivity contribution is -0.386. The molecule has 1 saturated heterocycles. The third-order valence-electron chi connectivity index (χ3n) is 4.11. The standard InChI is InChI=1S/C16H25N3O4/c1-12(2)23-16-10-13(4-5-15(16)19(21)22)18-8-7-17(3)14(11-18)6-9-20/h4-5,10,12,14,20H,6-9,11H2,1-3H3/t14-/m1/s1. The largest absolute Gasteiger partial charge is 0.484 e. The molecule has 0 aromatic heterocycles. The highest BCUT2D eigenvalue weighted by Gasteiger charge is 2.26. The Morgan fingerprint density at radius 3 is 2.78 bits per heavy atom. The monoisotopic (exact) mass is 323 g/mol. The molecule has 0 radical (unpaired) electrons. The average molecular weight is 323 g/mol. The lowest BCUT2D eigenvalue weighted by Gasteiger charge is -2.40. The van der Waals surface area contributed by atoms with Crippen molar-refractivity contribution in [3.05, 3.63) is 28.3 Å². The van der Waals surface area contributed by atoms with Crippen LogP contribution in [0.5, 0.6) is 5.75 Å². The molecule has 0 spiro atoms. The van der Waals surface area contributed by atoms with Gasteiger partial charge in [0.15, 0.2) is 5.75 Å². The van der Waals surface area contributed by atoms with Crippen molar-refractivity contribution in [1.29, 1.82) is 0 Å². The second-order valence-electron chi connectivity index (χ2n) is 6.17. The van der Waals surface area contributed by atoms with E-state index in [9.17, 15) is 15.2 Å². The zero-order valence-corrected chi connectivity index (χ0v) is 13.9. The fourth-order valence-corrected chi connectivity index (χ4v) is 2.84. The predicted molar refractivity (Wildman–Crippen MR) is 89.2 cm³/mol. The Labute approximate surface area is 136 Å². The Balaban J connectivity index is 2.23. The van der Waals surface area contributed by atoms with Crippen LogP contribution >= 0.6 is 0 Å². The van der Waals surface area contributed by atoms with E-state index in [1.807, 2.05) is 13.8 Å². The fraction of sp³-hybridized carbons (Fsp3) is 0.625. The molecule has 7 heteroatoms. The molecule has 2 rings (SSSR count). The molecule has 7 nitrogen and oxygen atoms in total. The topological polar surface area (TPSA) is 79.1 Å². The van der Waals surface area contributed by atoms with Crippen LogP contribution in [0.1, 0.15) is 20.3 Å². The first-order chi connectivity index (χ1) is 10.9. The lowest BCUT2D eigenvalue weighted by Crippen LogP contribution is -2.51. The van der Waals surface area contributed by atoms with E-state index in [0.29, 0.717) is 5.75 Å². The molecular formula is C16H25N3O4. The van der Waals surface area contributed by atoms with Crippen LogP contribution in [0, 0.1) is 10.1 Å². The molecule has 1 aromatic rings. The van der Waals surface area contributed by atoms with Crippen molar-refractivity contribution < 1.29 is 14.8 Å². The van der Waals surface area contributed by atoms with Gasteiger partial charge in [-0.25, -0.2) is 0 Å². The van der Waals surface area contributed by atoms with E-state index in [1.54, 1.807) is 12.1 Å². The predicted octanol–water partition coefficient (Wildman–Crippen LogP) is 1.88. The van der Waals surface area contributed by atoms with Crippen molar-refractivity contribution >= 4 is 11.4 Å². The van der Waals surface area contributed by atoms with Crippen LogP contribution < -0.4 is 9.64 Å². The summed E-state index contributed by atoms with van der Waals surface area (Å²) in [6.45, 7) is 6.38. The summed E-state index contributed by atoms with van der Waals surface area (Å²) in [4.78, 5) is 15.2. The van der Waals surface area contributed by atoms with Crippen LogP contribution in [-0.4, -0.2) is 60.4 Å². The number of aliphatic hydroxyl groups is 1. The minimum absolute atomic E-state index is 0.0107. The molecular weight excluding hydrogens is 298 g/mol. The molecule has 0 unspecified atom stereocenters. The van der Waals surface area contributed by atoms with Gasteiger partial charge in [-0.2, -0.15) is 0 Å². The first-order valence-electron chi connectivity index (χ1n) is 7.93. The summed E-state index contributed by atoms with van der Waals surface area (Å²) in [6.07, 6.45) is 0.591. The molecule has 0 aliphatic carbocycles. The van der Waals surface area contributed by atoms with Gasteiger partial charge in [0.05, 0.1) is 11.0 Å². The van der Waals surface area contributed by atoms with Gasteiger partial charge >= 0.3 is 5.69 Å². The summed E-state index contributed by atoms with van der Waals surface area (Å²) >= 11 is 0. The minimum atomic E-state index is -0.417. The third-order valence-corrected chi connectivity index (χ3v) is 4.11. The van der Waals surface area contributed by atoms with Gasteiger partial charge in [-0.05, 0) is 33.4 Å². The second-order valence-corrected chi connectivity index (χ2v) is 6.17. The summed E-state index contributed by atoms with van der Waals surface area (Å²) in [5.41, 5.74) is 0.908. The summed E-state index contributed by atoms with van der Waals surface area (Å²) in [5.74, 6) is 0.306. The number of benzene rings is 1. The highest BCUT2D eigenvalue weighted by atomic mass is 16.6. The number of likely N-dealkylation sites (N-methyl/N-ethyl adjacent to an activating group) is 1. The Bertz CT molecular complexity index is 550. The molecule has 1 N–H and O–H groups in total. The van der Waals surface area contributed by atoms with Gasteiger partial charge in [0.25, 0.3) is 0 Å². The van der Waals surface area contributed by atoms with E-state index in [1.165, 1.54) is 6.07 Å². The molecule has 0 bridgehead atoms. The SMILES string of the molecule is CC(C)Oc1cc(N2CCN(C)[C@H](CCO)C2)ccc1[N+](=O)[O-]. The van der Waals surface area contributed by atoms with E-state index < -0.39 is 4.92 Å². The number of anilines is 1. The number of nitrogens with zero attached hydrogens (tertiary/aromatic N) is 3. The van der Waals surface area contributed by atoms with E-state index >= 15 is 0 Å². The molecule has 1 atom stereocenters. The minimum Gasteiger partial charge on any atom is -0.484 e. The van der Waals surface area contributed by atoms with Crippen molar-refractivity contribution in [2.75, 3.05) is 38.2 Å². The first kappa shape index (κ1) is 17.5. The Hall–Kier alpha value is -1.86. The van der Waals surface area contributed by atoms with Crippen LogP contribution in [0.2, 0.25) is 0 Å². The summed E-state index contributed by atoms with van der Waals surface area (Å²) < 4.78 is 5.61. The quantitative estimate of drug-likeness (QED) is 0.636. The summed E-state index contributed by atoms with van der Waals surface area (Å²) in [5, 5.41) is 20.3. The molecule has 1 aliphatic rings. The maximum atomic E-state index is 11.1. The Morgan fingerprint density at radius 1 is 1.43 bits per heavy atom. The number of nitro benzene ring substituents is 1. The van der Waals surface area contributed by atoms with Gasteiger partial charge in [0.1, 0.15) is 0 Å². The van der Waals surface area contributed by atoms with Crippen molar-refractivity contribution in [3.8, 4) is 5.75 Å². The van der Waals surface area contributed by atoms with Crippen LogP contribution in [-0.2, 0) is 0 Å². The number of hydrogen-bond donors (Lipinski definition) is 1. The molecule has 23 heavy (non-hydrogen) atoms. The number of hydrogen-bond acceptors (Lipinski definition) is 6. The van der Waals surface area contributed by atoms with Gasteiger partial charge in [-0.3, -0.25) is 15.0 Å². The van der Waals surface area contributed by atoms with Gasteiger partial charge in [0, 0.05) is 50.1 Å². The molecule has 0 saturated carbocycles. The van der Waals surface area contributed by atoms with Gasteiger partial charge < -0.3 is 14.7 Å². The summed E-state index contributed by atoms with van der Waals surface area (Å²) in [7, 11) is 2.06. The number of nitro groups is 1. The molecule has 1 aromatic carbocycles. The molecule has 1 heterocycles. The number of piperazine rings is 1. The van der Waals surface area contributed by atoms with Gasteiger partial charge in [-0.1, -0.05) is 0 Å². The van der Waals surface area contributed by atoms with Crippen molar-refractivity contribution in [2.24, 2.45) is 0 Å². The van der Waals surface area contributed by atoms with E-state index in [-0.39, 0.29) is 24.4 Å². The lowest BCUT2D eigenvalue weighted by atomic mass is 10.1. The molecule has 1 fully saturated rings. The smallest absolute Gasteiger partial charge is 0.311 e. The zero-order chi connectivity index (χ0) is 17.0. The van der Waals surface area contributed by atoms with E-state index in [2.05, 4.69) is 16.8 Å². The summed E-state index contributed by atoms with van der Waals surface area (Å²) in [6, 6.07) is 5.30. The fourth-order valence-electron chi connectivity index (χ4n) is 2.84. The van der Waals surface area contributed by atoms with Crippen molar-refractivity contribution in [1.82, 2.24) is 4.90 Å². The van der Waals surface area contributed by atoms with Gasteiger partial charge in [0.2, 0.25) is 0 Å². The van der Waals surface area contributed by atoms with Crippen LogP contribution in [0.4, 0.5) is 11.4 Å². The maximum absolute atomic E-state index is 11.1. The van der Waals surface area contributed by atoms with E-state index in [0.717, 1.165) is 31.7 Å². The van der Waals surface area contributed by atoms with Crippen LogP contribution in [0.15, 0.2) is 18.2 Å². The normalized spacial score (nSPS) is 19.2. The second kappa shape index (κ2) is 7.61. The van der Waals surface area contributed by atoms with Crippen LogP contribution in [0.25, 0.3) is 0 Å². The number of aliphatic hydroxyl groups excluding tert-OH is 1. The molecule has 128 valence electrons. The van der Waals surface area contributed by atoms with Crippen molar-refractivity contribution in [3.63, 3.8) is 0 Å². The van der Waals surface area contributed by atoms with Crippen LogP contribution in [0.3, 0.4) is 0 Å². The van der Waals surface area contributed by atoms with E-state index in [4.69, 9.17) is 4.74 Å². The number of ether oxygens (including phenoxy) is 1. The van der Waals surface area contributed by atoms with Crippen molar-refractivity contribution in [2.45, 2.75) is 32.4 Å². The average Bonchev–Trinajstić information content (AvgIpc) is 2.48. The third kappa shape index (κ3) is 4.33. The Kier molecular flexibility index (Phi) is 5.79. The number of rotatable bonds is 6. The highest BCUT2D eigenvalue weighted by molar-refractivity contribution is 5.59. The maximum Gasteiger partial charge on any atom is 0.311 e. The highest BCUT2D eigenvalue weighted by Crippen LogP contribution is 2.33. The zero-order valence-electron chi connectivity index (χ0n) is 13.9. The van der Waals surface area contributed by atoms with Gasteiger partial charge in [-0.15, -0.1) is 0 Å².